The molecule has 2 N–H and O–H groups in total. The minimum Gasteiger partial charge on any atom is -0.381 e. The maximum Gasteiger partial charge on any atom is 0.0949 e. The second kappa shape index (κ2) is 5.28. The summed E-state index contributed by atoms with van der Waals surface area (Å²) in [6.45, 7) is 3.57. The van der Waals surface area contributed by atoms with Gasteiger partial charge in [0.25, 0.3) is 0 Å². The first-order valence-electron chi connectivity index (χ1n) is 5.67. The van der Waals surface area contributed by atoms with Gasteiger partial charge in [0.05, 0.1) is 12.0 Å². The Hall–Kier alpha value is -0.870. The highest BCUT2D eigenvalue weighted by Crippen LogP contribution is 2.16. The van der Waals surface area contributed by atoms with E-state index >= 15 is 0 Å². The standard InChI is InChI=1S/C11H19N3O/c12-4-1-11-8-14(9-13-11)7-10-2-5-15-6-3-10/h8-10H,1-7,12H2. The summed E-state index contributed by atoms with van der Waals surface area (Å²) in [6, 6.07) is 0. The molecule has 4 nitrogen and oxygen atoms in total. The van der Waals surface area contributed by atoms with Gasteiger partial charge in [0, 0.05) is 32.4 Å². The van der Waals surface area contributed by atoms with E-state index in [1.165, 1.54) is 12.8 Å². The molecule has 15 heavy (non-hydrogen) atoms. The maximum atomic E-state index is 5.49. The molecule has 1 aliphatic rings. The number of ether oxygens (including phenoxy) is 1. The van der Waals surface area contributed by atoms with Crippen molar-refractivity contribution in [2.45, 2.75) is 25.8 Å². The monoisotopic (exact) mass is 209 g/mol. The SMILES string of the molecule is NCCc1cn(CC2CCOCC2)cn1. The van der Waals surface area contributed by atoms with Gasteiger partial charge >= 0.3 is 0 Å². The van der Waals surface area contributed by atoms with Crippen LogP contribution in [0.15, 0.2) is 12.5 Å². The van der Waals surface area contributed by atoms with Crippen molar-refractivity contribution in [2.75, 3.05) is 19.8 Å². The Kier molecular flexibility index (Phi) is 3.75. The van der Waals surface area contributed by atoms with E-state index in [4.69, 9.17) is 10.5 Å². The van der Waals surface area contributed by atoms with E-state index in [1.807, 2.05) is 6.33 Å². The molecule has 84 valence electrons. The van der Waals surface area contributed by atoms with E-state index in [0.29, 0.717) is 6.54 Å². The van der Waals surface area contributed by atoms with Crippen LogP contribution in [0, 0.1) is 5.92 Å². The molecule has 4 heteroatoms. The number of nitrogens with zero attached hydrogens (tertiary/aromatic N) is 2. The highest BCUT2D eigenvalue weighted by Gasteiger charge is 2.14. The number of aromatic nitrogens is 2. The van der Waals surface area contributed by atoms with Crippen LogP contribution in [0.4, 0.5) is 0 Å². The summed E-state index contributed by atoms with van der Waals surface area (Å²) in [4.78, 5) is 4.32. The van der Waals surface area contributed by atoms with Crippen LogP contribution in [-0.4, -0.2) is 29.3 Å². The first kappa shape index (κ1) is 10.6. The zero-order chi connectivity index (χ0) is 10.5. The lowest BCUT2D eigenvalue weighted by molar-refractivity contribution is 0.0612. The number of imidazole rings is 1. The lowest BCUT2D eigenvalue weighted by Crippen LogP contribution is -2.19. The second-order valence-electron chi connectivity index (χ2n) is 4.16. The first-order valence-corrected chi connectivity index (χ1v) is 5.67. The van der Waals surface area contributed by atoms with E-state index in [2.05, 4.69) is 15.7 Å². The van der Waals surface area contributed by atoms with E-state index < -0.39 is 0 Å². The zero-order valence-electron chi connectivity index (χ0n) is 9.06. The average molecular weight is 209 g/mol. The van der Waals surface area contributed by atoms with Gasteiger partial charge in [-0.05, 0) is 25.3 Å². The lowest BCUT2D eigenvalue weighted by atomic mass is 10.0. The Morgan fingerprint density at radius 2 is 2.27 bits per heavy atom. The van der Waals surface area contributed by atoms with E-state index in [9.17, 15) is 0 Å². The van der Waals surface area contributed by atoms with Crippen molar-refractivity contribution in [1.29, 1.82) is 0 Å². The van der Waals surface area contributed by atoms with E-state index in [0.717, 1.165) is 37.8 Å². The summed E-state index contributed by atoms with van der Waals surface area (Å²) in [5, 5.41) is 0. The molecule has 0 aliphatic carbocycles. The number of nitrogens with two attached hydrogens (primary N) is 1. The van der Waals surface area contributed by atoms with Crippen LogP contribution in [0.2, 0.25) is 0 Å². The van der Waals surface area contributed by atoms with Gasteiger partial charge in [-0.3, -0.25) is 0 Å². The Labute approximate surface area is 90.4 Å². The van der Waals surface area contributed by atoms with Crippen molar-refractivity contribution in [1.82, 2.24) is 9.55 Å². The van der Waals surface area contributed by atoms with Crippen LogP contribution < -0.4 is 5.73 Å². The molecule has 0 amide bonds. The quantitative estimate of drug-likeness (QED) is 0.798. The van der Waals surface area contributed by atoms with E-state index in [-0.39, 0.29) is 0 Å². The van der Waals surface area contributed by atoms with Crippen LogP contribution in [0.5, 0.6) is 0 Å². The highest BCUT2D eigenvalue weighted by atomic mass is 16.5. The van der Waals surface area contributed by atoms with Crippen LogP contribution >= 0.6 is 0 Å². The van der Waals surface area contributed by atoms with Crippen molar-refractivity contribution in [3.63, 3.8) is 0 Å². The summed E-state index contributed by atoms with van der Waals surface area (Å²) >= 11 is 0. The highest BCUT2D eigenvalue weighted by molar-refractivity contribution is 4.97. The Balaban J connectivity index is 1.86. The zero-order valence-corrected chi connectivity index (χ0v) is 9.06. The third-order valence-electron chi connectivity index (χ3n) is 2.90. The molecule has 2 rings (SSSR count). The average Bonchev–Trinajstić information content (AvgIpc) is 2.68. The molecule has 0 radical (unpaired) electrons. The third-order valence-corrected chi connectivity index (χ3v) is 2.90. The Bertz CT molecular complexity index is 292. The van der Waals surface area contributed by atoms with Gasteiger partial charge < -0.3 is 15.0 Å². The smallest absolute Gasteiger partial charge is 0.0949 e. The van der Waals surface area contributed by atoms with E-state index in [1.54, 1.807) is 0 Å². The molecule has 1 aromatic heterocycles. The molecule has 0 saturated carbocycles. The predicted octanol–water partition coefficient (Wildman–Crippen LogP) is 0.811. The molecule has 2 heterocycles. The molecule has 1 saturated heterocycles. The molecule has 0 spiro atoms. The first-order chi connectivity index (χ1) is 7.38. The number of rotatable bonds is 4. The van der Waals surface area contributed by atoms with Crippen LogP contribution in [-0.2, 0) is 17.7 Å². The largest absolute Gasteiger partial charge is 0.381 e. The molecular weight excluding hydrogens is 190 g/mol. The topological polar surface area (TPSA) is 53.1 Å². The lowest BCUT2D eigenvalue weighted by Gasteiger charge is -2.21. The molecule has 0 unspecified atom stereocenters. The summed E-state index contributed by atoms with van der Waals surface area (Å²) in [5.41, 5.74) is 6.59. The van der Waals surface area contributed by atoms with Crippen LogP contribution in [0.1, 0.15) is 18.5 Å². The maximum absolute atomic E-state index is 5.49. The van der Waals surface area contributed by atoms with Crippen molar-refractivity contribution in [2.24, 2.45) is 11.7 Å². The fraction of sp³-hybridized carbons (Fsp3) is 0.727. The second-order valence-corrected chi connectivity index (χ2v) is 4.16. The van der Waals surface area contributed by atoms with Gasteiger partial charge in [-0.1, -0.05) is 0 Å². The summed E-state index contributed by atoms with van der Waals surface area (Å²) in [6.07, 6.45) is 7.25. The number of hydrogen-bond donors (Lipinski definition) is 1. The summed E-state index contributed by atoms with van der Waals surface area (Å²) in [7, 11) is 0. The molecule has 1 fully saturated rings. The minimum absolute atomic E-state index is 0.675. The fourth-order valence-electron chi connectivity index (χ4n) is 2.01. The van der Waals surface area contributed by atoms with Crippen molar-refractivity contribution >= 4 is 0 Å². The predicted molar refractivity (Wildman–Crippen MR) is 58.5 cm³/mol. The van der Waals surface area contributed by atoms with Gasteiger partial charge in [-0.2, -0.15) is 0 Å². The van der Waals surface area contributed by atoms with Gasteiger partial charge in [-0.15, -0.1) is 0 Å². The van der Waals surface area contributed by atoms with Gasteiger partial charge in [0.2, 0.25) is 0 Å². The molecule has 0 aromatic carbocycles. The minimum atomic E-state index is 0.675. The van der Waals surface area contributed by atoms with Gasteiger partial charge in [0.15, 0.2) is 0 Å². The normalized spacial score (nSPS) is 18.2. The van der Waals surface area contributed by atoms with Crippen LogP contribution in [0.3, 0.4) is 0 Å². The van der Waals surface area contributed by atoms with Crippen molar-refractivity contribution in [3.05, 3.63) is 18.2 Å². The van der Waals surface area contributed by atoms with Gasteiger partial charge in [-0.25, -0.2) is 4.98 Å². The van der Waals surface area contributed by atoms with Gasteiger partial charge in [0.1, 0.15) is 0 Å². The molecule has 0 bridgehead atoms. The number of hydrogen-bond acceptors (Lipinski definition) is 3. The third kappa shape index (κ3) is 3.04. The van der Waals surface area contributed by atoms with Crippen molar-refractivity contribution < 1.29 is 4.74 Å². The Morgan fingerprint density at radius 1 is 1.47 bits per heavy atom. The molecule has 1 aromatic rings. The summed E-state index contributed by atoms with van der Waals surface area (Å²) < 4.78 is 7.52. The molecule has 1 aliphatic heterocycles. The molecular formula is C11H19N3O. The van der Waals surface area contributed by atoms with Crippen molar-refractivity contribution in [3.8, 4) is 0 Å². The van der Waals surface area contributed by atoms with Crippen LogP contribution in [0.25, 0.3) is 0 Å². The Morgan fingerprint density at radius 3 is 3.00 bits per heavy atom. The fourth-order valence-corrected chi connectivity index (χ4v) is 2.01. The summed E-state index contributed by atoms with van der Waals surface area (Å²) in [5.74, 6) is 0.749. The molecule has 0 atom stereocenters.